The van der Waals surface area contributed by atoms with Crippen LogP contribution in [-0.4, -0.2) is 15.2 Å². The maximum atomic E-state index is 6.12. The van der Waals surface area contributed by atoms with Crippen LogP contribution in [0.2, 0.25) is 15.1 Å². The Balaban J connectivity index is 1.69. The SMILES string of the molecule is Clc1ccc(Nc2cnnc(NCc3ccccc3Cl)n2)cc1Cl. The van der Waals surface area contributed by atoms with Crippen molar-refractivity contribution in [3.63, 3.8) is 0 Å². The summed E-state index contributed by atoms with van der Waals surface area (Å²) in [6, 6.07) is 12.8. The number of benzene rings is 2. The predicted molar refractivity (Wildman–Crippen MR) is 98.4 cm³/mol. The molecule has 1 heterocycles. The Kier molecular flexibility index (Phi) is 5.35. The van der Waals surface area contributed by atoms with Crippen LogP contribution in [-0.2, 0) is 6.54 Å². The Morgan fingerprint density at radius 1 is 0.917 bits per heavy atom. The molecule has 2 aromatic carbocycles. The van der Waals surface area contributed by atoms with Crippen molar-refractivity contribution >= 4 is 52.3 Å². The number of nitrogens with zero attached hydrogens (tertiary/aromatic N) is 3. The van der Waals surface area contributed by atoms with Gasteiger partial charge < -0.3 is 10.6 Å². The van der Waals surface area contributed by atoms with E-state index in [0.29, 0.717) is 33.4 Å². The zero-order chi connectivity index (χ0) is 16.9. The lowest BCUT2D eigenvalue weighted by molar-refractivity contribution is 0.949. The van der Waals surface area contributed by atoms with Gasteiger partial charge in [0.2, 0.25) is 5.95 Å². The molecule has 0 atom stereocenters. The molecule has 0 saturated heterocycles. The largest absolute Gasteiger partial charge is 0.349 e. The third-order valence-corrected chi connectivity index (χ3v) is 4.25. The van der Waals surface area contributed by atoms with Gasteiger partial charge in [-0.25, -0.2) is 0 Å². The van der Waals surface area contributed by atoms with Crippen LogP contribution in [0, 0.1) is 0 Å². The maximum absolute atomic E-state index is 6.12. The molecule has 8 heteroatoms. The van der Waals surface area contributed by atoms with Gasteiger partial charge in [0.15, 0.2) is 5.82 Å². The average Bonchev–Trinajstić information content (AvgIpc) is 2.58. The van der Waals surface area contributed by atoms with Gasteiger partial charge in [-0.15, -0.1) is 5.10 Å². The lowest BCUT2D eigenvalue weighted by Crippen LogP contribution is -2.06. The second kappa shape index (κ2) is 7.66. The highest BCUT2D eigenvalue weighted by molar-refractivity contribution is 6.42. The summed E-state index contributed by atoms with van der Waals surface area (Å²) < 4.78 is 0. The highest BCUT2D eigenvalue weighted by Crippen LogP contribution is 2.26. The topological polar surface area (TPSA) is 62.7 Å². The summed E-state index contributed by atoms with van der Waals surface area (Å²) >= 11 is 18.0. The number of halogens is 3. The average molecular weight is 381 g/mol. The monoisotopic (exact) mass is 379 g/mol. The first-order valence-corrected chi connectivity index (χ1v) is 8.14. The second-order valence-corrected chi connectivity index (χ2v) is 6.09. The summed E-state index contributed by atoms with van der Waals surface area (Å²) in [5.74, 6) is 0.921. The third-order valence-electron chi connectivity index (χ3n) is 3.15. The number of nitrogens with one attached hydrogen (secondary N) is 2. The Morgan fingerprint density at radius 3 is 2.54 bits per heavy atom. The van der Waals surface area contributed by atoms with Gasteiger partial charge in [-0.3, -0.25) is 0 Å². The molecule has 3 aromatic rings. The maximum Gasteiger partial charge on any atom is 0.244 e. The molecule has 122 valence electrons. The smallest absolute Gasteiger partial charge is 0.244 e. The van der Waals surface area contributed by atoms with Gasteiger partial charge in [0.05, 0.1) is 16.2 Å². The second-order valence-electron chi connectivity index (χ2n) is 4.86. The van der Waals surface area contributed by atoms with E-state index in [1.165, 1.54) is 6.20 Å². The van der Waals surface area contributed by atoms with E-state index in [9.17, 15) is 0 Å². The van der Waals surface area contributed by atoms with Crippen LogP contribution in [0.25, 0.3) is 0 Å². The van der Waals surface area contributed by atoms with E-state index in [0.717, 1.165) is 11.3 Å². The fourth-order valence-electron chi connectivity index (χ4n) is 1.98. The van der Waals surface area contributed by atoms with Gasteiger partial charge in [0, 0.05) is 17.3 Å². The van der Waals surface area contributed by atoms with Crippen molar-refractivity contribution in [2.45, 2.75) is 6.54 Å². The standard InChI is InChI=1S/C16H12Cl3N5/c17-12-4-2-1-3-10(12)8-20-16-23-15(9-21-24-16)22-11-5-6-13(18)14(19)7-11/h1-7,9H,8H2,(H2,20,22,23,24). The van der Waals surface area contributed by atoms with E-state index >= 15 is 0 Å². The summed E-state index contributed by atoms with van der Waals surface area (Å²) in [4.78, 5) is 4.35. The van der Waals surface area contributed by atoms with E-state index in [1.54, 1.807) is 18.2 Å². The van der Waals surface area contributed by atoms with Gasteiger partial charge in [-0.2, -0.15) is 10.1 Å². The minimum atomic E-state index is 0.389. The van der Waals surface area contributed by atoms with Crippen molar-refractivity contribution < 1.29 is 0 Å². The van der Waals surface area contributed by atoms with Gasteiger partial charge in [0.25, 0.3) is 0 Å². The molecule has 0 aliphatic heterocycles. The van der Waals surface area contributed by atoms with Crippen LogP contribution in [0.15, 0.2) is 48.7 Å². The number of aromatic nitrogens is 3. The summed E-state index contributed by atoms with van der Waals surface area (Å²) in [6.45, 7) is 0.498. The first-order chi connectivity index (χ1) is 11.6. The number of hydrogen-bond donors (Lipinski definition) is 2. The minimum absolute atomic E-state index is 0.389. The molecular formula is C16H12Cl3N5. The predicted octanol–water partition coefficient (Wildman–Crippen LogP) is 5.19. The van der Waals surface area contributed by atoms with Gasteiger partial charge in [0.1, 0.15) is 0 Å². The van der Waals surface area contributed by atoms with Crippen molar-refractivity contribution in [2.24, 2.45) is 0 Å². The van der Waals surface area contributed by atoms with Gasteiger partial charge in [-0.05, 0) is 29.8 Å². The van der Waals surface area contributed by atoms with Crippen LogP contribution in [0.1, 0.15) is 5.56 Å². The fourth-order valence-corrected chi connectivity index (χ4v) is 2.48. The zero-order valence-electron chi connectivity index (χ0n) is 12.3. The van der Waals surface area contributed by atoms with E-state index in [4.69, 9.17) is 34.8 Å². The van der Waals surface area contributed by atoms with Crippen molar-refractivity contribution in [2.75, 3.05) is 10.6 Å². The van der Waals surface area contributed by atoms with Crippen LogP contribution in [0.3, 0.4) is 0 Å². The fraction of sp³-hybridized carbons (Fsp3) is 0.0625. The highest BCUT2D eigenvalue weighted by atomic mass is 35.5. The third kappa shape index (κ3) is 4.26. The molecule has 0 saturated carbocycles. The highest BCUT2D eigenvalue weighted by Gasteiger charge is 2.05. The molecule has 0 bridgehead atoms. The van der Waals surface area contributed by atoms with E-state index in [2.05, 4.69) is 25.8 Å². The molecule has 1 aromatic heterocycles. The first-order valence-electron chi connectivity index (χ1n) is 7.01. The van der Waals surface area contributed by atoms with Crippen LogP contribution in [0.5, 0.6) is 0 Å². The molecule has 0 fully saturated rings. The summed E-state index contributed by atoms with van der Waals surface area (Å²) in [7, 11) is 0. The van der Waals surface area contributed by atoms with Gasteiger partial charge in [-0.1, -0.05) is 53.0 Å². The van der Waals surface area contributed by atoms with Crippen LogP contribution < -0.4 is 10.6 Å². The lowest BCUT2D eigenvalue weighted by atomic mass is 10.2. The molecule has 3 rings (SSSR count). The van der Waals surface area contributed by atoms with Crippen molar-refractivity contribution in [1.82, 2.24) is 15.2 Å². The van der Waals surface area contributed by atoms with E-state index < -0.39 is 0 Å². The number of hydrogen-bond acceptors (Lipinski definition) is 5. The van der Waals surface area contributed by atoms with Crippen molar-refractivity contribution in [1.29, 1.82) is 0 Å². The Morgan fingerprint density at radius 2 is 1.75 bits per heavy atom. The summed E-state index contributed by atoms with van der Waals surface area (Å²) in [5, 5.41) is 15.7. The Bertz CT molecular complexity index is 857. The molecule has 0 aliphatic carbocycles. The first kappa shape index (κ1) is 16.8. The molecule has 0 unspecified atom stereocenters. The Labute approximate surface area is 154 Å². The summed E-state index contributed by atoms with van der Waals surface area (Å²) in [6.07, 6.45) is 1.52. The van der Waals surface area contributed by atoms with Crippen LogP contribution >= 0.6 is 34.8 Å². The lowest BCUT2D eigenvalue weighted by Gasteiger charge is -2.09. The van der Waals surface area contributed by atoms with Gasteiger partial charge >= 0.3 is 0 Å². The van der Waals surface area contributed by atoms with E-state index in [1.807, 2.05) is 24.3 Å². The zero-order valence-corrected chi connectivity index (χ0v) is 14.6. The van der Waals surface area contributed by atoms with E-state index in [-0.39, 0.29) is 0 Å². The molecule has 0 radical (unpaired) electrons. The summed E-state index contributed by atoms with van der Waals surface area (Å²) in [5.41, 5.74) is 1.70. The molecule has 24 heavy (non-hydrogen) atoms. The number of anilines is 3. The normalized spacial score (nSPS) is 10.5. The molecule has 5 nitrogen and oxygen atoms in total. The van der Waals surface area contributed by atoms with Crippen molar-refractivity contribution in [3.8, 4) is 0 Å². The molecule has 0 aliphatic rings. The molecule has 0 spiro atoms. The molecule has 0 amide bonds. The minimum Gasteiger partial charge on any atom is -0.349 e. The molecular weight excluding hydrogens is 369 g/mol. The van der Waals surface area contributed by atoms with Crippen molar-refractivity contribution in [3.05, 3.63) is 69.3 Å². The quantitative estimate of drug-likeness (QED) is 0.638. The van der Waals surface area contributed by atoms with Crippen LogP contribution in [0.4, 0.5) is 17.5 Å². The Hall–Kier alpha value is -2.08. The molecule has 2 N–H and O–H groups in total. The number of rotatable bonds is 5.